The molecule has 29 heavy (non-hydrogen) atoms. The summed E-state index contributed by atoms with van der Waals surface area (Å²) < 4.78 is 0. The van der Waals surface area contributed by atoms with Crippen LogP contribution in [0.15, 0.2) is 97.1 Å². The summed E-state index contributed by atoms with van der Waals surface area (Å²) in [6, 6.07) is 41.4. The third-order valence-corrected chi connectivity index (χ3v) is 5.65. The summed E-state index contributed by atoms with van der Waals surface area (Å²) in [6.07, 6.45) is 0. The summed E-state index contributed by atoms with van der Waals surface area (Å²) in [7, 11) is 0. The van der Waals surface area contributed by atoms with E-state index < -0.39 is 0 Å². The second kappa shape index (κ2) is 7.37. The van der Waals surface area contributed by atoms with Gasteiger partial charge in [0.2, 0.25) is 0 Å². The Morgan fingerprint density at radius 2 is 1.07 bits per heavy atom. The van der Waals surface area contributed by atoms with Gasteiger partial charge in [-0.15, -0.1) is 39.7 Å². The molecule has 0 N–H and O–H groups in total. The molecule has 133 valence electrons. The molecule has 1 heteroatoms. The molecule has 0 heterocycles. The van der Waals surface area contributed by atoms with Gasteiger partial charge >= 0.3 is 0 Å². The van der Waals surface area contributed by atoms with Crippen molar-refractivity contribution in [2.24, 2.45) is 0 Å². The van der Waals surface area contributed by atoms with Crippen LogP contribution in [0.25, 0.3) is 54.2 Å². The maximum absolute atomic E-state index is 3.50. The molecule has 0 aromatic heterocycles. The van der Waals surface area contributed by atoms with E-state index in [9.17, 15) is 0 Å². The van der Waals surface area contributed by atoms with E-state index in [0.717, 1.165) is 11.1 Å². The largest absolute Gasteiger partial charge is 0.218 e. The normalized spacial score (nSPS) is 11.2. The molecule has 0 aliphatic rings. The Hall–Kier alpha value is -2.54. The smallest absolute Gasteiger partial charge is 0 e. The molecule has 0 spiro atoms. The number of benzene rings is 6. The molecule has 0 saturated carbocycles. The van der Waals surface area contributed by atoms with E-state index >= 15 is 0 Å². The Morgan fingerprint density at radius 3 is 1.90 bits per heavy atom. The van der Waals surface area contributed by atoms with Crippen molar-refractivity contribution in [1.29, 1.82) is 0 Å². The molecule has 6 aromatic rings. The molecule has 1 radical (unpaired) electrons. The Bertz CT molecular complexity index is 1490. The quantitative estimate of drug-likeness (QED) is 0.140. The second-order valence-electron chi connectivity index (χ2n) is 7.24. The molecule has 0 aliphatic heterocycles. The van der Waals surface area contributed by atoms with Crippen LogP contribution >= 0.6 is 0 Å². The molecular formula is C28H16Y-2. The molecule has 0 saturated heterocycles. The molecule has 0 fully saturated rings. The van der Waals surface area contributed by atoms with Crippen LogP contribution in [-0.4, -0.2) is 0 Å². The summed E-state index contributed by atoms with van der Waals surface area (Å²) in [4.78, 5) is 0. The molecule has 0 bridgehead atoms. The minimum Gasteiger partial charge on any atom is -0.218 e. The van der Waals surface area contributed by atoms with Crippen LogP contribution in [0.5, 0.6) is 0 Å². The van der Waals surface area contributed by atoms with Gasteiger partial charge in [0, 0.05) is 32.7 Å². The van der Waals surface area contributed by atoms with Crippen molar-refractivity contribution in [3.63, 3.8) is 0 Å². The molecule has 0 nitrogen and oxygen atoms in total. The van der Waals surface area contributed by atoms with Gasteiger partial charge in [-0.3, -0.25) is 0 Å². The fourth-order valence-corrected chi connectivity index (χ4v) is 4.30. The summed E-state index contributed by atoms with van der Waals surface area (Å²) in [5.74, 6) is 0. The summed E-state index contributed by atoms with van der Waals surface area (Å²) in [5.41, 5.74) is 2.23. The molecule has 0 unspecified atom stereocenters. The topological polar surface area (TPSA) is 0 Å². The molecular weight excluding hydrogens is 425 g/mol. The van der Waals surface area contributed by atoms with Crippen molar-refractivity contribution in [2.45, 2.75) is 0 Å². The molecule has 6 rings (SSSR count). The van der Waals surface area contributed by atoms with Crippen LogP contribution in [0, 0.1) is 12.1 Å². The fraction of sp³-hybridized carbons (Fsp3) is 0. The average molecular weight is 441 g/mol. The summed E-state index contributed by atoms with van der Waals surface area (Å²) in [6.45, 7) is 0. The van der Waals surface area contributed by atoms with Gasteiger partial charge in [-0.1, -0.05) is 66.7 Å². The van der Waals surface area contributed by atoms with Crippen molar-refractivity contribution in [3.05, 3.63) is 109 Å². The van der Waals surface area contributed by atoms with Crippen molar-refractivity contribution in [1.82, 2.24) is 0 Å². The van der Waals surface area contributed by atoms with E-state index in [2.05, 4.69) is 97.1 Å². The van der Waals surface area contributed by atoms with E-state index in [1.807, 2.05) is 12.1 Å². The van der Waals surface area contributed by atoms with Gasteiger partial charge in [-0.05, 0) is 21.5 Å². The zero-order valence-electron chi connectivity index (χ0n) is 15.8. The third kappa shape index (κ3) is 2.99. The van der Waals surface area contributed by atoms with Gasteiger partial charge in [0.05, 0.1) is 0 Å². The molecule has 6 aromatic carbocycles. The predicted octanol–water partition coefficient (Wildman–Crippen LogP) is 7.56. The van der Waals surface area contributed by atoms with Gasteiger partial charge < -0.3 is 0 Å². The van der Waals surface area contributed by atoms with Crippen molar-refractivity contribution < 1.29 is 32.7 Å². The fourth-order valence-electron chi connectivity index (χ4n) is 4.30. The van der Waals surface area contributed by atoms with Crippen LogP contribution in [0.3, 0.4) is 0 Å². The van der Waals surface area contributed by atoms with Gasteiger partial charge in [-0.2, -0.15) is 24.3 Å². The first-order chi connectivity index (χ1) is 13.9. The first kappa shape index (κ1) is 18.5. The zero-order chi connectivity index (χ0) is 18.5. The van der Waals surface area contributed by atoms with Crippen LogP contribution < -0.4 is 0 Å². The van der Waals surface area contributed by atoms with E-state index in [0.29, 0.717) is 0 Å². The number of hydrogen-bond donors (Lipinski definition) is 0. The van der Waals surface area contributed by atoms with Crippen LogP contribution in [0.1, 0.15) is 0 Å². The third-order valence-electron chi connectivity index (χ3n) is 5.65. The van der Waals surface area contributed by atoms with Crippen molar-refractivity contribution >= 4 is 43.1 Å². The molecule has 0 atom stereocenters. The van der Waals surface area contributed by atoms with Crippen molar-refractivity contribution in [2.75, 3.05) is 0 Å². The van der Waals surface area contributed by atoms with Crippen LogP contribution in [-0.2, 0) is 32.7 Å². The number of hydrogen-bond acceptors (Lipinski definition) is 0. The van der Waals surface area contributed by atoms with Gasteiger partial charge in [0.25, 0.3) is 0 Å². The summed E-state index contributed by atoms with van der Waals surface area (Å²) in [5, 5.41) is 10.00. The minimum absolute atomic E-state index is 0. The number of rotatable bonds is 1. The first-order valence-corrected chi connectivity index (χ1v) is 9.54. The minimum atomic E-state index is 0. The van der Waals surface area contributed by atoms with E-state index in [1.165, 1.54) is 43.1 Å². The first-order valence-electron chi connectivity index (χ1n) is 9.54. The summed E-state index contributed by atoms with van der Waals surface area (Å²) >= 11 is 0. The van der Waals surface area contributed by atoms with Gasteiger partial charge in [0.1, 0.15) is 0 Å². The zero-order valence-corrected chi connectivity index (χ0v) is 18.7. The molecule has 0 amide bonds. The van der Waals surface area contributed by atoms with Gasteiger partial charge in [-0.25, -0.2) is 11.1 Å². The Labute approximate surface area is 195 Å². The standard InChI is InChI=1S/C28H16.Y/c1-2-9-21-18-28-22(17-20(21)8-1)10-5-12-26(28)25-14-6-13-24-23-11-4-3-7-19(23)15-16-27(24)25;/h1-11,13,15-18H;/q-2;. The monoisotopic (exact) mass is 441 g/mol. The van der Waals surface area contributed by atoms with E-state index in [4.69, 9.17) is 0 Å². The predicted molar refractivity (Wildman–Crippen MR) is 120 cm³/mol. The molecule has 0 aliphatic carbocycles. The maximum atomic E-state index is 3.50. The Kier molecular flexibility index (Phi) is 4.70. The second-order valence-corrected chi connectivity index (χ2v) is 7.24. The number of fused-ring (bicyclic) bond motifs is 5. The van der Waals surface area contributed by atoms with Crippen LogP contribution in [0.2, 0.25) is 0 Å². The van der Waals surface area contributed by atoms with E-state index in [-0.39, 0.29) is 32.7 Å². The van der Waals surface area contributed by atoms with Crippen molar-refractivity contribution in [3.8, 4) is 11.1 Å². The van der Waals surface area contributed by atoms with E-state index in [1.54, 1.807) is 0 Å². The Morgan fingerprint density at radius 1 is 0.414 bits per heavy atom. The Balaban J connectivity index is 0.00000181. The van der Waals surface area contributed by atoms with Crippen LogP contribution in [0.4, 0.5) is 0 Å². The SMILES string of the molecule is [Y].[c-]1ccc2cc3ccccc3cc2c1-c1[c-]ccc2c1ccc1ccccc12. The maximum Gasteiger partial charge on any atom is 0 e. The average Bonchev–Trinajstić information content (AvgIpc) is 2.77. The van der Waals surface area contributed by atoms with Gasteiger partial charge in [0.15, 0.2) is 0 Å².